The standard InChI is InChI=1S/C16H16N2O6/c19-15(13-8-9-14(24-13)16(20)21)17-10-2-1-3-11-4-6-12(7-5-11)18(22)23/h4-9H,1-3,10H2,(H,17,19)(H,20,21). The minimum atomic E-state index is -1.22. The Morgan fingerprint density at radius 2 is 1.75 bits per heavy atom. The summed E-state index contributed by atoms with van der Waals surface area (Å²) in [6.45, 7) is 0.426. The van der Waals surface area contributed by atoms with E-state index in [1.807, 2.05) is 0 Å². The minimum Gasteiger partial charge on any atom is -0.475 e. The number of nitrogens with one attached hydrogen (secondary N) is 1. The van der Waals surface area contributed by atoms with E-state index in [9.17, 15) is 19.7 Å². The van der Waals surface area contributed by atoms with Crippen molar-refractivity contribution in [1.82, 2.24) is 5.32 Å². The highest BCUT2D eigenvalue weighted by Crippen LogP contribution is 2.13. The highest BCUT2D eigenvalue weighted by molar-refractivity contribution is 5.93. The number of amides is 1. The maximum absolute atomic E-state index is 11.8. The van der Waals surface area contributed by atoms with Gasteiger partial charge < -0.3 is 14.8 Å². The van der Waals surface area contributed by atoms with Crippen LogP contribution in [-0.4, -0.2) is 28.5 Å². The van der Waals surface area contributed by atoms with E-state index in [2.05, 4.69) is 5.32 Å². The quantitative estimate of drug-likeness (QED) is 0.435. The van der Waals surface area contributed by atoms with Crippen LogP contribution in [0.25, 0.3) is 0 Å². The van der Waals surface area contributed by atoms with Crippen LogP contribution < -0.4 is 5.32 Å². The lowest BCUT2D eigenvalue weighted by atomic mass is 10.1. The van der Waals surface area contributed by atoms with Crippen LogP contribution >= 0.6 is 0 Å². The minimum absolute atomic E-state index is 0.0391. The molecule has 0 saturated heterocycles. The molecule has 0 aliphatic carbocycles. The van der Waals surface area contributed by atoms with E-state index in [1.165, 1.54) is 24.3 Å². The van der Waals surface area contributed by atoms with Crippen molar-refractivity contribution < 1.29 is 24.0 Å². The zero-order chi connectivity index (χ0) is 17.5. The molecule has 0 saturated carbocycles. The third-order valence-electron chi connectivity index (χ3n) is 3.37. The third-order valence-corrected chi connectivity index (χ3v) is 3.37. The van der Waals surface area contributed by atoms with Gasteiger partial charge in [0.2, 0.25) is 5.76 Å². The molecule has 2 rings (SSSR count). The van der Waals surface area contributed by atoms with Crippen LogP contribution in [-0.2, 0) is 6.42 Å². The van der Waals surface area contributed by atoms with E-state index in [4.69, 9.17) is 9.52 Å². The van der Waals surface area contributed by atoms with Crippen molar-refractivity contribution in [2.45, 2.75) is 19.3 Å². The van der Waals surface area contributed by atoms with Crippen molar-refractivity contribution >= 4 is 17.6 Å². The smallest absolute Gasteiger partial charge is 0.371 e. The number of hydrogen-bond acceptors (Lipinski definition) is 5. The molecule has 0 fully saturated rings. The van der Waals surface area contributed by atoms with Crippen molar-refractivity contribution in [3.8, 4) is 0 Å². The molecule has 126 valence electrons. The fourth-order valence-electron chi connectivity index (χ4n) is 2.10. The van der Waals surface area contributed by atoms with Gasteiger partial charge in [-0.05, 0) is 37.0 Å². The highest BCUT2D eigenvalue weighted by Gasteiger charge is 2.14. The Balaban J connectivity index is 1.69. The van der Waals surface area contributed by atoms with Gasteiger partial charge in [0, 0.05) is 18.7 Å². The molecule has 0 radical (unpaired) electrons. The highest BCUT2D eigenvalue weighted by atomic mass is 16.6. The molecule has 2 N–H and O–H groups in total. The molecule has 1 aromatic heterocycles. The molecule has 0 aliphatic heterocycles. The number of nitro benzene ring substituents is 1. The molecular formula is C16H16N2O6. The first-order valence-corrected chi connectivity index (χ1v) is 7.32. The second-order valence-electron chi connectivity index (χ2n) is 5.11. The van der Waals surface area contributed by atoms with Crippen LogP contribution in [0.15, 0.2) is 40.8 Å². The van der Waals surface area contributed by atoms with Gasteiger partial charge in [0.25, 0.3) is 11.6 Å². The number of unbranched alkanes of at least 4 members (excludes halogenated alkanes) is 1. The fraction of sp³-hybridized carbons (Fsp3) is 0.250. The number of rotatable bonds is 8. The molecule has 24 heavy (non-hydrogen) atoms. The van der Waals surface area contributed by atoms with Crippen LogP contribution in [0.4, 0.5) is 5.69 Å². The molecule has 2 aromatic rings. The number of hydrogen-bond donors (Lipinski definition) is 2. The molecule has 0 bridgehead atoms. The van der Waals surface area contributed by atoms with Crippen molar-refractivity contribution in [2.24, 2.45) is 0 Å². The summed E-state index contributed by atoms with van der Waals surface area (Å²) in [4.78, 5) is 32.5. The molecule has 1 heterocycles. The number of nitro groups is 1. The number of carboxylic acids is 1. The largest absolute Gasteiger partial charge is 0.475 e. The van der Waals surface area contributed by atoms with Crippen molar-refractivity contribution in [1.29, 1.82) is 0 Å². The van der Waals surface area contributed by atoms with Gasteiger partial charge in [-0.25, -0.2) is 4.79 Å². The number of carbonyl (C=O) groups excluding carboxylic acids is 1. The van der Waals surface area contributed by atoms with Gasteiger partial charge in [0.1, 0.15) is 0 Å². The lowest BCUT2D eigenvalue weighted by Crippen LogP contribution is -2.24. The summed E-state index contributed by atoms with van der Waals surface area (Å²) < 4.78 is 4.90. The van der Waals surface area contributed by atoms with E-state index in [-0.39, 0.29) is 17.2 Å². The second-order valence-corrected chi connectivity index (χ2v) is 5.11. The Hall–Kier alpha value is -3.16. The van der Waals surface area contributed by atoms with E-state index in [0.29, 0.717) is 6.54 Å². The SMILES string of the molecule is O=C(O)c1ccc(C(=O)NCCCCc2ccc([N+](=O)[O-])cc2)o1. The van der Waals surface area contributed by atoms with E-state index in [0.717, 1.165) is 24.8 Å². The molecule has 1 amide bonds. The number of aryl methyl sites for hydroxylation is 1. The maximum atomic E-state index is 11.8. The monoisotopic (exact) mass is 332 g/mol. The van der Waals surface area contributed by atoms with Gasteiger partial charge in [0.05, 0.1) is 4.92 Å². The van der Waals surface area contributed by atoms with Crippen LogP contribution in [0, 0.1) is 10.1 Å². The number of furan rings is 1. The van der Waals surface area contributed by atoms with Gasteiger partial charge >= 0.3 is 5.97 Å². The summed E-state index contributed by atoms with van der Waals surface area (Å²) >= 11 is 0. The first-order valence-electron chi connectivity index (χ1n) is 7.32. The average molecular weight is 332 g/mol. The molecule has 8 heteroatoms. The van der Waals surface area contributed by atoms with Crippen LogP contribution in [0.2, 0.25) is 0 Å². The lowest BCUT2D eigenvalue weighted by molar-refractivity contribution is -0.384. The van der Waals surface area contributed by atoms with E-state index in [1.54, 1.807) is 12.1 Å². The number of aromatic carboxylic acids is 1. The Morgan fingerprint density at radius 1 is 1.08 bits per heavy atom. The van der Waals surface area contributed by atoms with Gasteiger partial charge in [-0.15, -0.1) is 0 Å². The normalized spacial score (nSPS) is 10.3. The van der Waals surface area contributed by atoms with Gasteiger partial charge in [-0.3, -0.25) is 14.9 Å². The number of non-ortho nitro benzene ring substituents is 1. The Bertz CT molecular complexity index is 735. The van der Waals surface area contributed by atoms with E-state index < -0.39 is 16.8 Å². The lowest BCUT2D eigenvalue weighted by Gasteiger charge is -2.04. The molecule has 0 spiro atoms. The van der Waals surface area contributed by atoms with Crippen molar-refractivity contribution in [3.63, 3.8) is 0 Å². The molecular weight excluding hydrogens is 316 g/mol. The number of benzene rings is 1. The van der Waals surface area contributed by atoms with Crippen LogP contribution in [0.3, 0.4) is 0 Å². The summed E-state index contributed by atoms with van der Waals surface area (Å²) in [5.74, 6) is -2.00. The summed E-state index contributed by atoms with van der Waals surface area (Å²) in [6.07, 6.45) is 2.27. The van der Waals surface area contributed by atoms with Gasteiger partial charge in [0.15, 0.2) is 5.76 Å². The third kappa shape index (κ3) is 4.67. The summed E-state index contributed by atoms with van der Waals surface area (Å²) in [5, 5.41) is 21.9. The molecule has 0 atom stereocenters. The Labute approximate surface area is 137 Å². The second kappa shape index (κ2) is 7.91. The fourth-order valence-corrected chi connectivity index (χ4v) is 2.10. The average Bonchev–Trinajstić information content (AvgIpc) is 3.05. The first kappa shape index (κ1) is 17.2. The topological polar surface area (TPSA) is 123 Å². The Morgan fingerprint density at radius 3 is 2.33 bits per heavy atom. The molecule has 0 aliphatic rings. The van der Waals surface area contributed by atoms with Crippen LogP contribution in [0.5, 0.6) is 0 Å². The molecule has 1 aromatic carbocycles. The Kier molecular flexibility index (Phi) is 5.67. The molecule has 0 unspecified atom stereocenters. The van der Waals surface area contributed by atoms with Crippen LogP contribution in [0.1, 0.15) is 39.5 Å². The molecule has 8 nitrogen and oxygen atoms in total. The number of carbonyl (C=O) groups is 2. The van der Waals surface area contributed by atoms with Crippen molar-refractivity contribution in [3.05, 3.63) is 63.6 Å². The van der Waals surface area contributed by atoms with Crippen molar-refractivity contribution in [2.75, 3.05) is 6.54 Å². The summed E-state index contributed by atoms with van der Waals surface area (Å²) in [6, 6.07) is 8.91. The number of carboxylic acid groups (broad SMARTS) is 1. The van der Waals surface area contributed by atoms with Gasteiger partial charge in [-0.1, -0.05) is 12.1 Å². The van der Waals surface area contributed by atoms with E-state index >= 15 is 0 Å². The zero-order valence-corrected chi connectivity index (χ0v) is 12.7. The maximum Gasteiger partial charge on any atom is 0.371 e. The predicted molar refractivity (Wildman–Crippen MR) is 84.0 cm³/mol. The summed E-state index contributed by atoms with van der Waals surface area (Å²) in [7, 11) is 0. The predicted octanol–water partition coefficient (Wildman–Crippen LogP) is 2.64. The van der Waals surface area contributed by atoms with Gasteiger partial charge in [-0.2, -0.15) is 0 Å². The summed E-state index contributed by atoms with van der Waals surface area (Å²) in [5.41, 5.74) is 1.05. The number of nitrogens with zero attached hydrogens (tertiary/aromatic N) is 1. The zero-order valence-electron chi connectivity index (χ0n) is 12.7. The first-order chi connectivity index (χ1) is 11.5.